The van der Waals surface area contributed by atoms with Gasteiger partial charge in [-0.05, 0) is 48.3 Å². The molecular formula is C17H20N4O2S2. The van der Waals surface area contributed by atoms with Crippen LogP contribution in [0, 0.1) is 13.8 Å². The summed E-state index contributed by atoms with van der Waals surface area (Å²) in [6.45, 7) is 4.31. The summed E-state index contributed by atoms with van der Waals surface area (Å²) in [5.74, 6) is 0. The maximum atomic E-state index is 11.4. The molecule has 2 heterocycles. The molecule has 132 valence electrons. The second kappa shape index (κ2) is 7.27. The SMILES string of the molecule is Cc1nnc2sc(C(O)NCc3ccc([S+](C)[O-])cc3)c(N)c2c1C. The molecule has 0 fully saturated rings. The van der Waals surface area contributed by atoms with Crippen LogP contribution in [0.4, 0.5) is 5.69 Å². The minimum absolute atomic E-state index is 0.467. The second-order valence-electron chi connectivity index (χ2n) is 5.85. The molecule has 1 aromatic carbocycles. The van der Waals surface area contributed by atoms with Crippen LogP contribution in [0.5, 0.6) is 0 Å². The summed E-state index contributed by atoms with van der Waals surface area (Å²) >= 11 is 0.351. The fourth-order valence-electron chi connectivity index (χ4n) is 2.57. The lowest BCUT2D eigenvalue weighted by atomic mass is 10.1. The van der Waals surface area contributed by atoms with Gasteiger partial charge in [0.25, 0.3) is 0 Å². The Morgan fingerprint density at radius 3 is 2.60 bits per heavy atom. The molecular weight excluding hydrogens is 356 g/mol. The molecule has 2 aromatic heterocycles. The number of fused-ring (bicyclic) bond motifs is 1. The third-order valence-corrected chi connectivity index (χ3v) is 6.25. The summed E-state index contributed by atoms with van der Waals surface area (Å²) in [5.41, 5.74) is 9.59. The molecule has 6 nitrogen and oxygen atoms in total. The molecule has 2 atom stereocenters. The van der Waals surface area contributed by atoms with Crippen molar-refractivity contribution < 1.29 is 9.66 Å². The predicted molar refractivity (Wildman–Crippen MR) is 102 cm³/mol. The van der Waals surface area contributed by atoms with E-state index in [9.17, 15) is 9.66 Å². The van der Waals surface area contributed by atoms with Gasteiger partial charge in [0.1, 0.15) is 17.3 Å². The van der Waals surface area contributed by atoms with E-state index >= 15 is 0 Å². The number of hydrogen-bond donors (Lipinski definition) is 3. The maximum absolute atomic E-state index is 11.4. The number of nitrogens with zero attached hydrogens (tertiary/aromatic N) is 2. The van der Waals surface area contributed by atoms with E-state index in [2.05, 4.69) is 15.5 Å². The van der Waals surface area contributed by atoms with Crippen molar-refractivity contribution in [3.63, 3.8) is 0 Å². The molecule has 0 saturated heterocycles. The first kappa shape index (κ1) is 18.1. The van der Waals surface area contributed by atoms with Crippen LogP contribution in [-0.2, 0) is 17.7 Å². The maximum Gasteiger partial charge on any atom is 0.152 e. The summed E-state index contributed by atoms with van der Waals surface area (Å²) in [6.07, 6.45) is 0.757. The number of thiophene rings is 1. The fourth-order valence-corrected chi connectivity index (χ4v) is 4.15. The van der Waals surface area contributed by atoms with Crippen molar-refractivity contribution in [2.45, 2.75) is 31.5 Å². The van der Waals surface area contributed by atoms with Gasteiger partial charge in [0.2, 0.25) is 0 Å². The highest BCUT2D eigenvalue weighted by molar-refractivity contribution is 7.90. The van der Waals surface area contributed by atoms with Crippen LogP contribution in [0.3, 0.4) is 0 Å². The molecule has 0 aliphatic carbocycles. The lowest BCUT2D eigenvalue weighted by Gasteiger charge is -2.13. The van der Waals surface area contributed by atoms with E-state index in [1.807, 2.05) is 38.1 Å². The Morgan fingerprint density at radius 2 is 1.96 bits per heavy atom. The number of anilines is 1. The lowest BCUT2D eigenvalue weighted by Crippen LogP contribution is -2.20. The number of nitrogen functional groups attached to an aromatic ring is 1. The molecule has 3 aromatic rings. The molecule has 0 bridgehead atoms. The van der Waals surface area contributed by atoms with Gasteiger partial charge in [-0.1, -0.05) is 12.1 Å². The van der Waals surface area contributed by atoms with E-state index in [0.29, 0.717) is 17.1 Å². The van der Waals surface area contributed by atoms with Crippen LogP contribution in [0.2, 0.25) is 0 Å². The highest BCUT2D eigenvalue weighted by atomic mass is 32.2. The van der Waals surface area contributed by atoms with Gasteiger partial charge in [0.05, 0.1) is 16.3 Å². The Morgan fingerprint density at radius 1 is 1.28 bits per heavy atom. The van der Waals surface area contributed by atoms with Gasteiger partial charge in [0, 0.05) is 11.9 Å². The predicted octanol–water partition coefficient (Wildman–Crippen LogP) is 2.41. The number of nitrogens with one attached hydrogen (secondary N) is 1. The Hall–Kier alpha value is -1.71. The molecule has 0 amide bonds. The average molecular weight is 377 g/mol. The minimum atomic E-state index is -0.994. The minimum Gasteiger partial charge on any atom is -0.612 e. The smallest absolute Gasteiger partial charge is 0.152 e. The van der Waals surface area contributed by atoms with Crippen LogP contribution < -0.4 is 11.1 Å². The van der Waals surface area contributed by atoms with Crippen molar-refractivity contribution in [1.29, 1.82) is 0 Å². The molecule has 0 radical (unpaired) electrons. The summed E-state index contributed by atoms with van der Waals surface area (Å²) in [5, 5.41) is 22.7. The van der Waals surface area contributed by atoms with Crippen LogP contribution in [-0.4, -0.2) is 26.1 Å². The zero-order valence-corrected chi connectivity index (χ0v) is 15.9. The first-order valence-electron chi connectivity index (χ1n) is 7.74. The van der Waals surface area contributed by atoms with E-state index in [0.717, 1.165) is 31.9 Å². The second-order valence-corrected chi connectivity index (χ2v) is 8.26. The molecule has 8 heteroatoms. The number of benzene rings is 1. The fraction of sp³-hybridized carbons (Fsp3) is 0.294. The van der Waals surface area contributed by atoms with Crippen LogP contribution in [0.1, 0.15) is 27.9 Å². The lowest BCUT2D eigenvalue weighted by molar-refractivity contribution is 0.141. The van der Waals surface area contributed by atoms with Crippen molar-refractivity contribution >= 4 is 38.4 Å². The van der Waals surface area contributed by atoms with Crippen LogP contribution in [0.25, 0.3) is 10.2 Å². The summed E-state index contributed by atoms with van der Waals surface area (Å²) < 4.78 is 11.4. The van der Waals surface area contributed by atoms with Gasteiger partial charge in [0.15, 0.2) is 4.90 Å². The van der Waals surface area contributed by atoms with Gasteiger partial charge in [-0.3, -0.25) is 5.32 Å². The average Bonchev–Trinajstić information content (AvgIpc) is 2.94. The summed E-state index contributed by atoms with van der Waals surface area (Å²) in [7, 11) is 0. The molecule has 0 saturated carbocycles. The van der Waals surface area contributed by atoms with Crippen molar-refractivity contribution in [2.24, 2.45) is 0 Å². The zero-order chi connectivity index (χ0) is 18.1. The Kier molecular flexibility index (Phi) is 5.26. The summed E-state index contributed by atoms with van der Waals surface area (Å²) in [4.78, 5) is 2.15. The van der Waals surface area contributed by atoms with E-state index in [1.165, 1.54) is 11.3 Å². The number of nitrogens with two attached hydrogens (primary N) is 1. The van der Waals surface area contributed by atoms with Crippen molar-refractivity contribution in [2.75, 3.05) is 12.0 Å². The molecule has 25 heavy (non-hydrogen) atoms. The third kappa shape index (κ3) is 3.63. The largest absolute Gasteiger partial charge is 0.612 e. The van der Waals surface area contributed by atoms with Crippen molar-refractivity contribution in [3.8, 4) is 0 Å². The van der Waals surface area contributed by atoms with Crippen molar-refractivity contribution in [3.05, 3.63) is 46.0 Å². The Bertz CT molecular complexity index is 894. The van der Waals surface area contributed by atoms with Crippen molar-refractivity contribution in [1.82, 2.24) is 15.5 Å². The van der Waals surface area contributed by atoms with E-state index in [-0.39, 0.29) is 0 Å². The standard InChI is InChI=1S/C17H20N4O2S2/c1-9-10(2)20-21-17-13(9)14(18)15(24-17)16(22)19-8-11-4-6-12(7-5-11)25(3)23/h4-7,16,19,22H,8,18H2,1-3H3. The van der Waals surface area contributed by atoms with Crippen LogP contribution >= 0.6 is 11.3 Å². The third-order valence-electron chi connectivity index (χ3n) is 4.17. The topological polar surface area (TPSA) is 107 Å². The first-order chi connectivity index (χ1) is 11.9. The number of aryl methyl sites for hydroxylation is 2. The van der Waals surface area contributed by atoms with Gasteiger partial charge in [-0.15, -0.1) is 16.4 Å². The number of aliphatic hydroxyl groups excluding tert-OH is 1. The number of aliphatic hydroxyl groups is 1. The monoisotopic (exact) mass is 376 g/mol. The van der Waals surface area contributed by atoms with Crippen LogP contribution in [0.15, 0.2) is 29.2 Å². The normalized spacial score (nSPS) is 14.0. The molecule has 3 rings (SSSR count). The first-order valence-corrected chi connectivity index (χ1v) is 10.1. The molecule has 4 N–H and O–H groups in total. The van der Waals surface area contributed by atoms with E-state index in [4.69, 9.17) is 5.73 Å². The van der Waals surface area contributed by atoms with Gasteiger partial charge < -0.3 is 15.4 Å². The molecule has 0 spiro atoms. The van der Waals surface area contributed by atoms with Gasteiger partial charge in [-0.2, -0.15) is 5.10 Å². The highest BCUT2D eigenvalue weighted by Gasteiger charge is 2.20. The Balaban J connectivity index is 1.77. The summed E-state index contributed by atoms with van der Waals surface area (Å²) in [6, 6.07) is 7.44. The number of aromatic nitrogens is 2. The van der Waals surface area contributed by atoms with E-state index in [1.54, 1.807) is 6.26 Å². The zero-order valence-electron chi connectivity index (χ0n) is 14.2. The number of rotatable bonds is 5. The molecule has 2 unspecified atom stereocenters. The molecule has 0 aliphatic rings. The van der Waals surface area contributed by atoms with Gasteiger partial charge in [-0.25, -0.2) is 0 Å². The molecule has 0 aliphatic heterocycles. The Labute approximate surface area is 153 Å². The quantitative estimate of drug-likeness (QED) is 0.466. The highest BCUT2D eigenvalue weighted by Crippen LogP contribution is 2.37. The number of hydrogen-bond acceptors (Lipinski definition) is 7. The van der Waals surface area contributed by atoms with E-state index < -0.39 is 17.4 Å². The van der Waals surface area contributed by atoms with Gasteiger partial charge >= 0.3 is 0 Å².